The molecule has 1 aromatic heterocycles. The molecule has 11 heteroatoms. The Balaban J connectivity index is 0.000000293. The molecule has 132 valence electrons. The Labute approximate surface area is 141 Å². The molecule has 25 heavy (non-hydrogen) atoms. The van der Waals surface area contributed by atoms with Crippen molar-refractivity contribution in [1.29, 1.82) is 0 Å². The fraction of sp³-hybridized carbons (Fsp3) is 0.214. The van der Waals surface area contributed by atoms with Gasteiger partial charge in [0.15, 0.2) is 0 Å². The Bertz CT molecular complexity index is 788. The molecule has 0 saturated heterocycles. The second-order valence-corrected chi connectivity index (χ2v) is 4.71. The molecule has 2 aromatic rings. The molecule has 0 aliphatic heterocycles. The fourth-order valence-electron chi connectivity index (χ4n) is 1.86. The predicted molar refractivity (Wildman–Crippen MR) is 86.4 cm³/mol. The van der Waals surface area contributed by atoms with E-state index in [4.69, 9.17) is 5.11 Å². The molecule has 1 N–H and O–H groups in total. The van der Waals surface area contributed by atoms with Gasteiger partial charge in [0, 0.05) is 11.9 Å². The Morgan fingerprint density at radius 2 is 1.56 bits per heavy atom. The molecule has 0 spiro atoms. The van der Waals surface area contributed by atoms with Crippen LogP contribution in [0, 0.1) is 37.3 Å². The highest BCUT2D eigenvalue weighted by Crippen LogP contribution is 2.38. The van der Waals surface area contributed by atoms with Gasteiger partial charge in [-0.25, -0.2) is 0 Å². The number of phenolic OH excluding ortho intramolecular Hbond substituents is 1. The summed E-state index contributed by atoms with van der Waals surface area (Å²) >= 11 is 0. The molecule has 1 heterocycles. The Kier molecular flexibility index (Phi) is 6.44. The van der Waals surface area contributed by atoms with E-state index < -0.39 is 37.6 Å². The lowest BCUT2D eigenvalue weighted by molar-refractivity contribution is -0.404. The number of phenols is 1. The van der Waals surface area contributed by atoms with Crippen molar-refractivity contribution in [3.05, 3.63) is 72.1 Å². The molecule has 0 unspecified atom stereocenters. The molecular weight excluding hydrogens is 336 g/mol. The highest BCUT2D eigenvalue weighted by molar-refractivity contribution is 5.64. The summed E-state index contributed by atoms with van der Waals surface area (Å²) in [6.45, 7) is 4.18. The highest BCUT2D eigenvalue weighted by atomic mass is 16.6. The Hall–Kier alpha value is -3.63. The Morgan fingerprint density at radius 1 is 1.04 bits per heavy atom. The maximum atomic E-state index is 10.4. The van der Waals surface area contributed by atoms with Crippen LogP contribution in [0.3, 0.4) is 0 Å². The van der Waals surface area contributed by atoms with Crippen molar-refractivity contribution in [2.75, 3.05) is 0 Å². The average Bonchev–Trinajstić information content (AvgIpc) is 2.55. The molecule has 0 atom stereocenters. The normalized spacial score (nSPS) is 9.68. The summed E-state index contributed by atoms with van der Waals surface area (Å²) in [7, 11) is 0. The van der Waals surface area contributed by atoms with E-state index in [9.17, 15) is 30.3 Å². The number of pyridine rings is 1. The van der Waals surface area contributed by atoms with Crippen LogP contribution in [0.4, 0.5) is 17.1 Å². The smallest absolute Gasteiger partial charge is 0.324 e. The summed E-state index contributed by atoms with van der Waals surface area (Å²) in [4.78, 5) is 31.9. The van der Waals surface area contributed by atoms with Crippen LogP contribution in [0.25, 0.3) is 0 Å². The van der Waals surface area contributed by atoms with E-state index in [1.807, 2.05) is 19.2 Å². The number of nitro benzene ring substituents is 3. The molecule has 0 radical (unpaired) electrons. The minimum Gasteiger partial charge on any atom is -0.497 e. The van der Waals surface area contributed by atoms with Gasteiger partial charge in [-0.3, -0.25) is 35.3 Å². The van der Waals surface area contributed by atoms with Gasteiger partial charge in [-0.15, -0.1) is 0 Å². The van der Waals surface area contributed by atoms with Crippen molar-refractivity contribution < 1.29 is 19.9 Å². The van der Waals surface area contributed by atoms with E-state index in [1.165, 1.54) is 5.56 Å². The maximum Gasteiger partial charge on any atom is 0.324 e. The van der Waals surface area contributed by atoms with Crippen molar-refractivity contribution in [3.8, 4) is 5.75 Å². The van der Waals surface area contributed by atoms with Crippen molar-refractivity contribution in [2.45, 2.75) is 20.3 Å². The summed E-state index contributed by atoms with van der Waals surface area (Å²) in [5, 5.41) is 40.2. The number of nitrogens with zero attached hydrogens (tertiary/aromatic N) is 4. The van der Waals surface area contributed by atoms with Gasteiger partial charge in [0.25, 0.3) is 11.4 Å². The number of aromatic hydroxyl groups is 1. The quantitative estimate of drug-likeness (QED) is 0.649. The van der Waals surface area contributed by atoms with Gasteiger partial charge in [-0.2, -0.15) is 0 Å². The van der Waals surface area contributed by atoms with Gasteiger partial charge in [0.05, 0.1) is 26.9 Å². The monoisotopic (exact) mass is 350 g/mol. The van der Waals surface area contributed by atoms with Crippen LogP contribution in [0.15, 0.2) is 30.5 Å². The summed E-state index contributed by atoms with van der Waals surface area (Å²) in [6.07, 6.45) is 2.91. The molecule has 11 nitrogen and oxygen atoms in total. The maximum absolute atomic E-state index is 10.4. The zero-order chi connectivity index (χ0) is 19.1. The first-order valence-electron chi connectivity index (χ1n) is 6.89. The molecular formula is C14H14N4O7. The second kappa shape index (κ2) is 8.29. The topological polar surface area (TPSA) is 163 Å². The number of hydrogen-bond donors (Lipinski definition) is 1. The first-order chi connectivity index (χ1) is 11.7. The van der Waals surface area contributed by atoms with E-state index in [2.05, 4.69) is 18.0 Å². The SMILES string of the molecule is CCc1cccnc1C.O=[N+]([O-])c1cc([N+](=O)[O-])c(O)c([N+](=O)[O-])c1. The van der Waals surface area contributed by atoms with Crippen molar-refractivity contribution in [3.63, 3.8) is 0 Å². The third-order valence-electron chi connectivity index (χ3n) is 3.16. The van der Waals surface area contributed by atoms with E-state index in [-0.39, 0.29) is 0 Å². The first-order valence-corrected chi connectivity index (χ1v) is 6.89. The molecule has 1 aromatic carbocycles. The number of aromatic nitrogens is 1. The minimum absolute atomic E-state index is 0.447. The largest absolute Gasteiger partial charge is 0.497 e. The molecule has 2 rings (SSSR count). The molecule has 0 aliphatic rings. The first kappa shape index (κ1) is 19.4. The zero-order valence-corrected chi connectivity index (χ0v) is 13.3. The van der Waals surface area contributed by atoms with Crippen LogP contribution in [0.1, 0.15) is 18.2 Å². The number of non-ortho nitro benzene ring substituents is 1. The fourth-order valence-corrected chi connectivity index (χ4v) is 1.86. The van der Waals surface area contributed by atoms with Crippen LogP contribution in [0.2, 0.25) is 0 Å². The summed E-state index contributed by atoms with van der Waals surface area (Å²) < 4.78 is 0. The van der Waals surface area contributed by atoms with Crippen LogP contribution >= 0.6 is 0 Å². The molecule has 0 amide bonds. The van der Waals surface area contributed by atoms with Gasteiger partial charge in [-0.1, -0.05) is 13.0 Å². The summed E-state index contributed by atoms with van der Waals surface area (Å²) in [6, 6.07) is 4.98. The molecule has 0 fully saturated rings. The third kappa shape index (κ3) is 4.92. The van der Waals surface area contributed by atoms with E-state index >= 15 is 0 Å². The Morgan fingerprint density at radius 3 is 1.88 bits per heavy atom. The van der Waals surface area contributed by atoms with E-state index in [0.29, 0.717) is 12.1 Å². The van der Waals surface area contributed by atoms with E-state index in [1.54, 1.807) is 0 Å². The summed E-state index contributed by atoms with van der Waals surface area (Å²) in [5.41, 5.74) is -0.504. The number of aryl methyl sites for hydroxylation is 2. The number of nitro groups is 3. The third-order valence-corrected chi connectivity index (χ3v) is 3.16. The minimum atomic E-state index is -1.21. The van der Waals surface area contributed by atoms with Crippen LogP contribution in [-0.2, 0) is 6.42 Å². The highest BCUT2D eigenvalue weighted by Gasteiger charge is 2.30. The average molecular weight is 350 g/mol. The molecule has 0 bridgehead atoms. The number of rotatable bonds is 4. The molecule has 0 saturated carbocycles. The van der Waals surface area contributed by atoms with Crippen molar-refractivity contribution in [1.82, 2.24) is 4.98 Å². The van der Waals surface area contributed by atoms with Gasteiger partial charge in [0.1, 0.15) is 0 Å². The van der Waals surface area contributed by atoms with Crippen LogP contribution in [0.5, 0.6) is 5.75 Å². The summed E-state index contributed by atoms with van der Waals surface area (Å²) in [5.74, 6) is -1.21. The second-order valence-electron chi connectivity index (χ2n) is 4.71. The number of benzene rings is 1. The van der Waals surface area contributed by atoms with Gasteiger partial charge in [0.2, 0.25) is 0 Å². The zero-order valence-electron chi connectivity index (χ0n) is 13.3. The van der Waals surface area contributed by atoms with Crippen LogP contribution < -0.4 is 0 Å². The lowest BCUT2D eigenvalue weighted by Gasteiger charge is -1.97. The van der Waals surface area contributed by atoms with E-state index in [0.717, 1.165) is 12.1 Å². The van der Waals surface area contributed by atoms with Gasteiger partial charge < -0.3 is 5.11 Å². The lowest BCUT2D eigenvalue weighted by Crippen LogP contribution is -1.97. The standard InChI is InChI=1S/C8H11N.C6H3N3O7/c1-3-8-5-4-6-9-7(8)2;10-6-4(8(13)14)1-3(7(11)12)2-5(6)9(15)16/h4-6H,3H2,1-2H3;1-2,10H. The van der Waals surface area contributed by atoms with Gasteiger partial charge >= 0.3 is 11.4 Å². The van der Waals surface area contributed by atoms with Crippen molar-refractivity contribution >= 4 is 17.1 Å². The predicted octanol–water partition coefficient (Wildman–Crippen LogP) is 3.07. The van der Waals surface area contributed by atoms with Crippen molar-refractivity contribution in [2.24, 2.45) is 0 Å². The van der Waals surface area contributed by atoms with Gasteiger partial charge in [-0.05, 0) is 25.0 Å². The lowest BCUT2D eigenvalue weighted by atomic mass is 10.2. The molecule has 0 aliphatic carbocycles. The van der Waals surface area contributed by atoms with Crippen LogP contribution in [-0.4, -0.2) is 24.9 Å². The number of hydrogen-bond acceptors (Lipinski definition) is 8.